The number of amides is 2. The first-order valence-corrected chi connectivity index (χ1v) is 7.67. The average Bonchev–Trinajstić information content (AvgIpc) is 2.54. The molecule has 0 aliphatic carbocycles. The molecule has 0 aromatic heterocycles. The van der Waals surface area contributed by atoms with Crippen molar-refractivity contribution >= 4 is 17.5 Å². The number of piperazine rings is 1. The summed E-state index contributed by atoms with van der Waals surface area (Å²) in [6.07, 6.45) is 0.453. The quantitative estimate of drug-likeness (QED) is 0.797. The minimum Gasteiger partial charge on any atom is -0.340 e. The van der Waals surface area contributed by atoms with Crippen molar-refractivity contribution in [1.82, 2.24) is 15.1 Å². The van der Waals surface area contributed by atoms with Gasteiger partial charge in [0.05, 0.1) is 6.54 Å². The number of para-hydroxylation sites is 1. The van der Waals surface area contributed by atoms with E-state index in [2.05, 4.69) is 10.6 Å². The number of nitrogens with zero attached hydrogens (tertiary/aromatic N) is 2. The van der Waals surface area contributed by atoms with Gasteiger partial charge in [0.2, 0.25) is 11.8 Å². The number of nitrogens with one attached hydrogen (secondary N) is 2. The van der Waals surface area contributed by atoms with Crippen LogP contribution in [0.1, 0.15) is 6.42 Å². The summed E-state index contributed by atoms with van der Waals surface area (Å²) in [5, 5.41) is 6.07. The van der Waals surface area contributed by atoms with Crippen LogP contribution in [-0.2, 0) is 9.59 Å². The lowest BCUT2D eigenvalue weighted by Gasteiger charge is -2.28. The van der Waals surface area contributed by atoms with E-state index in [0.29, 0.717) is 13.0 Å². The van der Waals surface area contributed by atoms with E-state index in [4.69, 9.17) is 0 Å². The van der Waals surface area contributed by atoms with Gasteiger partial charge in [-0.25, -0.2) is 0 Å². The maximum Gasteiger partial charge on any atom is 0.238 e. The molecule has 120 valence electrons. The number of benzene rings is 1. The number of anilines is 1. The van der Waals surface area contributed by atoms with Crippen LogP contribution in [0.5, 0.6) is 0 Å². The van der Waals surface area contributed by atoms with Crippen LogP contribution in [0.2, 0.25) is 0 Å². The molecule has 2 rings (SSSR count). The van der Waals surface area contributed by atoms with E-state index in [1.165, 1.54) is 0 Å². The van der Waals surface area contributed by atoms with Gasteiger partial charge in [0.25, 0.3) is 0 Å². The molecule has 2 N–H and O–H groups in total. The number of rotatable bonds is 6. The van der Waals surface area contributed by atoms with Crippen LogP contribution >= 0.6 is 0 Å². The smallest absolute Gasteiger partial charge is 0.238 e. The monoisotopic (exact) mass is 304 g/mol. The largest absolute Gasteiger partial charge is 0.340 e. The fourth-order valence-corrected chi connectivity index (χ4v) is 2.41. The lowest BCUT2D eigenvalue weighted by atomic mass is 10.3. The maximum absolute atomic E-state index is 12.1. The van der Waals surface area contributed by atoms with Gasteiger partial charge in [-0.3, -0.25) is 14.5 Å². The topological polar surface area (TPSA) is 64.7 Å². The molecule has 0 spiro atoms. The summed E-state index contributed by atoms with van der Waals surface area (Å²) < 4.78 is 0. The van der Waals surface area contributed by atoms with Crippen molar-refractivity contribution in [2.45, 2.75) is 6.42 Å². The van der Waals surface area contributed by atoms with Crippen LogP contribution in [0.25, 0.3) is 0 Å². The van der Waals surface area contributed by atoms with Gasteiger partial charge < -0.3 is 15.5 Å². The summed E-state index contributed by atoms with van der Waals surface area (Å²) >= 11 is 0. The number of hydrogen-bond acceptors (Lipinski definition) is 4. The molecule has 1 fully saturated rings. The number of hydrogen-bond donors (Lipinski definition) is 2. The standard InChI is InChI=1S/C16H24N4O2/c1-19(10-7-16(22)20-11-8-17-9-12-20)13-15(21)18-14-5-3-2-4-6-14/h2-6,17H,7-13H2,1H3,(H,18,21). The SMILES string of the molecule is CN(CCC(=O)N1CCNCC1)CC(=O)Nc1ccccc1. The van der Waals surface area contributed by atoms with E-state index >= 15 is 0 Å². The second-order valence-corrected chi connectivity index (χ2v) is 5.53. The van der Waals surface area contributed by atoms with Crippen molar-refractivity contribution in [2.24, 2.45) is 0 Å². The van der Waals surface area contributed by atoms with E-state index < -0.39 is 0 Å². The zero-order chi connectivity index (χ0) is 15.8. The second-order valence-electron chi connectivity index (χ2n) is 5.53. The van der Waals surface area contributed by atoms with Crippen LogP contribution in [0.15, 0.2) is 30.3 Å². The average molecular weight is 304 g/mol. The number of carbonyl (C=O) groups excluding carboxylic acids is 2. The van der Waals surface area contributed by atoms with Crippen LogP contribution < -0.4 is 10.6 Å². The molecule has 1 saturated heterocycles. The van der Waals surface area contributed by atoms with Gasteiger partial charge >= 0.3 is 0 Å². The third-order valence-corrected chi connectivity index (χ3v) is 3.65. The van der Waals surface area contributed by atoms with E-state index in [0.717, 1.165) is 31.9 Å². The Morgan fingerprint density at radius 1 is 1.23 bits per heavy atom. The molecule has 0 bridgehead atoms. The van der Waals surface area contributed by atoms with Crippen molar-refractivity contribution in [3.63, 3.8) is 0 Å². The minimum atomic E-state index is -0.0664. The van der Waals surface area contributed by atoms with Crippen molar-refractivity contribution in [1.29, 1.82) is 0 Å². The summed E-state index contributed by atoms with van der Waals surface area (Å²) in [6, 6.07) is 9.37. The predicted molar refractivity (Wildman–Crippen MR) is 86.6 cm³/mol. The summed E-state index contributed by atoms with van der Waals surface area (Å²) in [6.45, 7) is 4.14. The predicted octanol–water partition coefficient (Wildman–Crippen LogP) is 0.379. The van der Waals surface area contributed by atoms with E-state index in [-0.39, 0.29) is 18.4 Å². The zero-order valence-corrected chi connectivity index (χ0v) is 13.0. The van der Waals surface area contributed by atoms with Gasteiger partial charge in [0, 0.05) is 44.8 Å². The first-order chi connectivity index (χ1) is 10.6. The molecule has 1 heterocycles. The van der Waals surface area contributed by atoms with Gasteiger partial charge in [-0.2, -0.15) is 0 Å². The molecule has 2 amide bonds. The van der Waals surface area contributed by atoms with Crippen molar-refractivity contribution in [3.05, 3.63) is 30.3 Å². The number of likely N-dealkylation sites (N-methyl/N-ethyl adjacent to an activating group) is 1. The molecule has 0 radical (unpaired) electrons. The van der Waals surface area contributed by atoms with Gasteiger partial charge in [-0.1, -0.05) is 18.2 Å². The second kappa shape index (κ2) is 8.51. The minimum absolute atomic E-state index is 0.0664. The van der Waals surface area contributed by atoms with Crippen LogP contribution in [0.3, 0.4) is 0 Å². The molecule has 6 heteroatoms. The van der Waals surface area contributed by atoms with Crippen molar-refractivity contribution in [2.75, 3.05) is 51.6 Å². The third kappa shape index (κ3) is 5.46. The highest BCUT2D eigenvalue weighted by atomic mass is 16.2. The van der Waals surface area contributed by atoms with E-state index in [9.17, 15) is 9.59 Å². The zero-order valence-electron chi connectivity index (χ0n) is 13.0. The van der Waals surface area contributed by atoms with Gasteiger partial charge in [-0.15, -0.1) is 0 Å². The molecule has 1 aliphatic rings. The highest BCUT2D eigenvalue weighted by Gasteiger charge is 2.16. The van der Waals surface area contributed by atoms with Crippen molar-refractivity contribution in [3.8, 4) is 0 Å². The third-order valence-electron chi connectivity index (χ3n) is 3.65. The fraction of sp³-hybridized carbons (Fsp3) is 0.500. The van der Waals surface area contributed by atoms with Gasteiger partial charge in [0.15, 0.2) is 0 Å². The molecular weight excluding hydrogens is 280 g/mol. The Bertz CT molecular complexity index is 486. The summed E-state index contributed by atoms with van der Waals surface area (Å²) in [5.74, 6) is 0.0974. The lowest BCUT2D eigenvalue weighted by molar-refractivity contribution is -0.132. The highest BCUT2D eigenvalue weighted by Crippen LogP contribution is 2.05. The van der Waals surface area contributed by atoms with Crippen LogP contribution in [-0.4, -0.2) is 67.9 Å². The molecular formula is C16H24N4O2. The Kier molecular flexibility index (Phi) is 6.36. The molecule has 1 aromatic carbocycles. The first-order valence-electron chi connectivity index (χ1n) is 7.67. The Balaban J connectivity index is 1.67. The Morgan fingerprint density at radius 3 is 2.59 bits per heavy atom. The first kappa shape index (κ1) is 16.5. The molecule has 6 nitrogen and oxygen atoms in total. The Labute approximate surface area is 131 Å². The summed E-state index contributed by atoms with van der Waals surface area (Å²) in [7, 11) is 1.86. The molecule has 0 atom stereocenters. The van der Waals surface area contributed by atoms with Gasteiger partial charge in [-0.05, 0) is 19.2 Å². The summed E-state index contributed by atoms with van der Waals surface area (Å²) in [5.41, 5.74) is 0.790. The van der Waals surface area contributed by atoms with E-state index in [1.807, 2.05) is 47.2 Å². The van der Waals surface area contributed by atoms with Gasteiger partial charge in [0.1, 0.15) is 0 Å². The summed E-state index contributed by atoms with van der Waals surface area (Å²) in [4.78, 5) is 27.7. The molecule has 0 saturated carbocycles. The van der Waals surface area contributed by atoms with Crippen molar-refractivity contribution < 1.29 is 9.59 Å². The molecule has 0 unspecified atom stereocenters. The maximum atomic E-state index is 12.1. The fourth-order valence-electron chi connectivity index (χ4n) is 2.41. The number of carbonyl (C=O) groups is 2. The Morgan fingerprint density at radius 2 is 1.91 bits per heavy atom. The van der Waals surface area contributed by atoms with E-state index in [1.54, 1.807) is 0 Å². The van der Waals surface area contributed by atoms with Crippen LogP contribution in [0.4, 0.5) is 5.69 Å². The highest BCUT2D eigenvalue weighted by molar-refractivity contribution is 5.92. The normalized spacial score (nSPS) is 14.9. The molecule has 1 aliphatic heterocycles. The lowest BCUT2D eigenvalue weighted by Crippen LogP contribution is -2.47. The Hall–Kier alpha value is -1.92. The molecule has 22 heavy (non-hydrogen) atoms. The van der Waals surface area contributed by atoms with Crippen LogP contribution in [0, 0.1) is 0 Å². The molecule has 1 aromatic rings.